The number of nitrogens with zero attached hydrogens (tertiary/aromatic N) is 2. The highest BCUT2D eigenvalue weighted by atomic mass is 15.1. The Morgan fingerprint density at radius 2 is 1.94 bits per heavy atom. The van der Waals surface area contributed by atoms with E-state index in [-0.39, 0.29) is 0 Å². The van der Waals surface area contributed by atoms with Crippen molar-refractivity contribution in [2.24, 2.45) is 5.92 Å². The Morgan fingerprint density at radius 1 is 1.17 bits per heavy atom. The van der Waals surface area contributed by atoms with Gasteiger partial charge in [0.15, 0.2) is 0 Å². The largest absolute Gasteiger partial charge is 0.370 e. The lowest BCUT2D eigenvalue weighted by Gasteiger charge is -2.25. The summed E-state index contributed by atoms with van der Waals surface area (Å²) in [6.07, 6.45) is 6.80. The average molecular weight is 249 g/mol. The molecule has 2 rings (SSSR count). The molecule has 0 radical (unpaired) electrons. The van der Waals surface area contributed by atoms with Crippen molar-refractivity contribution in [1.82, 2.24) is 15.3 Å². The van der Waals surface area contributed by atoms with Gasteiger partial charge in [0.2, 0.25) is 0 Å². The van der Waals surface area contributed by atoms with Gasteiger partial charge >= 0.3 is 0 Å². The van der Waals surface area contributed by atoms with Gasteiger partial charge in [0, 0.05) is 19.2 Å². The molecule has 5 nitrogen and oxygen atoms in total. The van der Waals surface area contributed by atoms with Crippen molar-refractivity contribution in [2.75, 3.05) is 37.3 Å². The Kier molecular flexibility index (Phi) is 5.20. The molecule has 0 aliphatic heterocycles. The molecule has 0 atom stereocenters. The first-order chi connectivity index (χ1) is 8.88. The number of aromatic nitrogens is 2. The number of hydrogen-bond acceptors (Lipinski definition) is 5. The quantitative estimate of drug-likeness (QED) is 0.612. The standard InChI is InChI=1S/C13H23N5/c1-14-6-3-7-15-12-8-13(18-10-17-12)16-9-11-4-2-5-11/h8,10-11,14H,2-7,9H2,1H3,(H2,15,16,17,18). The Bertz CT molecular complexity index is 351. The lowest BCUT2D eigenvalue weighted by atomic mass is 9.85. The van der Waals surface area contributed by atoms with Crippen LogP contribution in [0.2, 0.25) is 0 Å². The van der Waals surface area contributed by atoms with Crippen molar-refractivity contribution >= 4 is 11.6 Å². The van der Waals surface area contributed by atoms with Gasteiger partial charge in [-0.3, -0.25) is 0 Å². The number of rotatable bonds is 8. The molecule has 100 valence electrons. The molecule has 0 spiro atoms. The van der Waals surface area contributed by atoms with E-state index in [4.69, 9.17) is 0 Å². The maximum absolute atomic E-state index is 4.24. The van der Waals surface area contributed by atoms with E-state index in [1.54, 1.807) is 6.33 Å². The van der Waals surface area contributed by atoms with Crippen molar-refractivity contribution < 1.29 is 0 Å². The third-order valence-corrected chi connectivity index (χ3v) is 3.37. The first-order valence-corrected chi connectivity index (χ1v) is 6.83. The maximum Gasteiger partial charge on any atom is 0.131 e. The van der Waals surface area contributed by atoms with E-state index < -0.39 is 0 Å². The fourth-order valence-corrected chi connectivity index (χ4v) is 1.98. The summed E-state index contributed by atoms with van der Waals surface area (Å²) in [5.74, 6) is 2.66. The van der Waals surface area contributed by atoms with Gasteiger partial charge in [-0.05, 0) is 38.8 Å². The van der Waals surface area contributed by atoms with E-state index in [2.05, 4.69) is 25.9 Å². The minimum atomic E-state index is 0.840. The SMILES string of the molecule is CNCCCNc1cc(NCC2CCC2)ncn1. The van der Waals surface area contributed by atoms with Gasteiger partial charge in [-0.2, -0.15) is 0 Å². The van der Waals surface area contributed by atoms with Gasteiger partial charge in [-0.1, -0.05) is 6.42 Å². The lowest BCUT2D eigenvalue weighted by molar-refractivity contribution is 0.333. The highest BCUT2D eigenvalue weighted by molar-refractivity contribution is 5.46. The molecule has 0 bridgehead atoms. The molecule has 0 aromatic carbocycles. The van der Waals surface area contributed by atoms with Gasteiger partial charge in [-0.15, -0.1) is 0 Å². The maximum atomic E-state index is 4.24. The van der Waals surface area contributed by atoms with E-state index in [1.165, 1.54) is 19.3 Å². The fourth-order valence-electron chi connectivity index (χ4n) is 1.98. The van der Waals surface area contributed by atoms with Crippen LogP contribution in [-0.4, -0.2) is 36.6 Å². The second-order valence-electron chi connectivity index (χ2n) is 4.85. The van der Waals surface area contributed by atoms with Crippen LogP contribution in [0.3, 0.4) is 0 Å². The van der Waals surface area contributed by atoms with Crippen LogP contribution in [0.4, 0.5) is 11.6 Å². The summed E-state index contributed by atoms with van der Waals surface area (Å²) in [4.78, 5) is 8.46. The summed E-state index contributed by atoms with van der Waals surface area (Å²) >= 11 is 0. The van der Waals surface area contributed by atoms with E-state index in [0.29, 0.717) is 0 Å². The van der Waals surface area contributed by atoms with Crippen LogP contribution < -0.4 is 16.0 Å². The number of hydrogen-bond donors (Lipinski definition) is 3. The van der Waals surface area contributed by atoms with Gasteiger partial charge < -0.3 is 16.0 Å². The topological polar surface area (TPSA) is 61.9 Å². The molecule has 0 amide bonds. The lowest BCUT2D eigenvalue weighted by Crippen LogP contribution is -2.21. The van der Waals surface area contributed by atoms with Crippen LogP contribution in [-0.2, 0) is 0 Å². The fraction of sp³-hybridized carbons (Fsp3) is 0.692. The normalized spacial score (nSPS) is 15.2. The van der Waals surface area contributed by atoms with Crippen LogP contribution in [0.25, 0.3) is 0 Å². The minimum Gasteiger partial charge on any atom is -0.370 e. The molecule has 1 heterocycles. The van der Waals surface area contributed by atoms with E-state index in [1.807, 2.05) is 13.1 Å². The summed E-state index contributed by atoms with van der Waals surface area (Å²) in [6.45, 7) is 2.99. The van der Waals surface area contributed by atoms with Crippen molar-refractivity contribution in [3.63, 3.8) is 0 Å². The van der Waals surface area contributed by atoms with Crippen LogP contribution in [0.15, 0.2) is 12.4 Å². The van der Waals surface area contributed by atoms with E-state index >= 15 is 0 Å². The van der Waals surface area contributed by atoms with E-state index in [0.717, 1.165) is 43.6 Å². The van der Waals surface area contributed by atoms with Crippen LogP contribution in [0, 0.1) is 5.92 Å². The van der Waals surface area contributed by atoms with Gasteiger partial charge in [0.05, 0.1) is 0 Å². The zero-order valence-corrected chi connectivity index (χ0v) is 11.1. The van der Waals surface area contributed by atoms with Crippen LogP contribution >= 0.6 is 0 Å². The van der Waals surface area contributed by atoms with Crippen molar-refractivity contribution in [3.05, 3.63) is 12.4 Å². The summed E-state index contributed by atoms with van der Waals surface area (Å²) in [5.41, 5.74) is 0. The minimum absolute atomic E-state index is 0.840. The van der Waals surface area contributed by atoms with E-state index in [9.17, 15) is 0 Å². The third kappa shape index (κ3) is 4.14. The molecule has 1 aromatic heterocycles. The van der Waals surface area contributed by atoms with Gasteiger partial charge in [0.25, 0.3) is 0 Å². The molecule has 1 fully saturated rings. The first kappa shape index (κ1) is 13.1. The number of nitrogens with one attached hydrogen (secondary N) is 3. The Hall–Kier alpha value is -1.36. The van der Waals surface area contributed by atoms with Crippen molar-refractivity contribution in [2.45, 2.75) is 25.7 Å². The molecule has 1 aliphatic carbocycles. The highest BCUT2D eigenvalue weighted by Crippen LogP contribution is 2.26. The molecular formula is C13H23N5. The Morgan fingerprint density at radius 3 is 2.61 bits per heavy atom. The smallest absolute Gasteiger partial charge is 0.131 e. The summed E-state index contributed by atoms with van der Waals surface area (Å²) < 4.78 is 0. The molecule has 1 aliphatic rings. The zero-order valence-electron chi connectivity index (χ0n) is 11.1. The van der Waals surface area contributed by atoms with Crippen LogP contribution in [0.1, 0.15) is 25.7 Å². The molecule has 1 aromatic rings. The Balaban J connectivity index is 1.73. The summed E-state index contributed by atoms with van der Waals surface area (Å²) in [5, 5.41) is 9.82. The van der Waals surface area contributed by atoms with Gasteiger partial charge in [-0.25, -0.2) is 9.97 Å². The summed E-state index contributed by atoms with van der Waals surface area (Å²) in [6, 6.07) is 1.98. The second kappa shape index (κ2) is 7.16. The van der Waals surface area contributed by atoms with Crippen molar-refractivity contribution in [3.8, 4) is 0 Å². The zero-order chi connectivity index (χ0) is 12.6. The molecule has 0 saturated heterocycles. The average Bonchev–Trinajstić information content (AvgIpc) is 2.33. The second-order valence-corrected chi connectivity index (χ2v) is 4.85. The molecule has 5 heteroatoms. The highest BCUT2D eigenvalue weighted by Gasteiger charge is 2.16. The number of anilines is 2. The van der Waals surface area contributed by atoms with Crippen LogP contribution in [0.5, 0.6) is 0 Å². The Labute approximate surface area is 109 Å². The van der Waals surface area contributed by atoms with Crippen molar-refractivity contribution in [1.29, 1.82) is 0 Å². The third-order valence-electron chi connectivity index (χ3n) is 3.37. The first-order valence-electron chi connectivity index (χ1n) is 6.83. The predicted molar refractivity (Wildman–Crippen MR) is 74.9 cm³/mol. The monoisotopic (exact) mass is 249 g/mol. The molecule has 0 unspecified atom stereocenters. The predicted octanol–water partition coefficient (Wildman–Crippen LogP) is 1.71. The molecule has 3 N–H and O–H groups in total. The molecular weight excluding hydrogens is 226 g/mol. The molecule has 1 saturated carbocycles. The summed E-state index contributed by atoms with van der Waals surface area (Å²) in [7, 11) is 1.97. The van der Waals surface area contributed by atoms with Gasteiger partial charge in [0.1, 0.15) is 18.0 Å². The molecule has 18 heavy (non-hydrogen) atoms.